The highest BCUT2D eigenvalue weighted by atomic mass is 35.5. The first kappa shape index (κ1) is 16.7. The molecular weight excluding hydrogens is 351 g/mol. The number of ether oxygens (including phenoxy) is 1. The van der Waals surface area contributed by atoms with E-state index < -0.39 is 12.8 Å². The van der Waals surface area contributed by atoms with Gasteiger partial charge in [-0.2, -0.15) is 13.2 Å². The number of hydrogen-bond acceptors (Lipinski definition) is 5. The van der Waals surface area contributed by atoms with E-state index in [1.807, 2.05) is 12.3 Å². The molecule has 23 heavy (non-hydrogen) atoms. The second-order valence-corrected chi connectivity index (χ2v) is 6.97. The number of thiophene rings is 1. The first-order valence-electron chi connectivity index (χ1n) is 7.14. The minimum Gasteiger partial charge on any atom is -0.372 e. The molecule has 126 valence electrons. The highest BCUT2D eigenvalue weighted by Gasteiger charge is 2.42. The Hall–Kier alpha value is -1.12. The van der Waals surface area contributed by atoms with E-state index in [1.54, 1.807) is 0 Å². The van der Waals surface area contributed by atoms with Crippen molar-refractivity contribution >= 4 is 39.0 Å². The van der Waals surface area contributed by atoms with Crippen molar-refractivity contribution in [2.75, 3.05) is 18.5 Å². The van der Waals surface area contributed by atoms with Crippen LogP contribution in [-0.2, 0) is 4.74 Å². The normalized spacial score (nSPS) is 22.3. The molecule has 4 nitrogen and oxygen atoms in total. The number of aromatic nitrogens is 2. The molecule has 1 fully saturated rings. The van der Waals surface area contributed by atoms with E-state index >= 15 is 0 Å². The lowest BCUT2D eigenvalue weighted by molar-refractivity contribution is -0.175. The monoisotopic (exact) mass is 365 g/mol. The maximum atomic E-state index is 12.1. The van der Waals surface area contributed by atoms with Crippen molar-refractivity contribution < 1.29 is 17.9 Å². The largest absolute Gasteiger partial charge is 0.411 e. The number of fused-ring (bicyclic) bond motifs is 1. The molecule has 9 heteroatoms. The Morgan fingerprint density at radius 3 is 3.00 bits per heavy atom. The summed E-state index contributed by atoms with van der Waals surface area (Å²) in [5.41, 5.74) is 0. The molecule has 1 saturated carbocycles. The predicted molar refractivity (Wildman–Crippen MR) is 84.0 cm³/mol. The molecular formula is C14H15ClF3N3OS. The van der Waals surface area contributed by atoms with Crippen molar-refractivity contribution in [1.29, 1.82) is 0 Å². The van der Waals surface area contributed by atoms with E-state index in [-0.39, 0.29) is 24.5 Å². The fourth-order valence-corrected chi connectivity index (χ4v) is 3.81. The molecule has 0 aliphatic heterocycles. The standard InChI is InChI=1S/C14H15ClF3N3OS/c1-7(9-2-8(9)3-22-5-14(16,17)18)21-12-11-10(15)4-23-13(11)20-6-19-12/h4,6-9H,2-3,5H2,1H3,(H,19,20,21). The van der Waals surface area contributed by atoms with Crippen LogP contribution in [0.3, 0.4) is 0 Å². The molecule has 0 spiro atoms. The van der Waals surface area contributed by atoms with Gasteiger partial charge < -0.3 is 10.1 Å². The smallest absolute Gasteiger partial charge is 0.372 e. The van der Waals surface area contributed by atoms with Crippen LogP contribution in [0.1, 0.15) is 13.3 Å². The van der Waals surface area contributed by atoms with Gasteiger partial charge in [0, 0.05) is 11.4 Å². The van der Waals surface area contributed by atoms with Crippen LogP contribution in [0, 0.1) is 11.8 Å². The molecule has 1 N–H and O–H groups in total. The summed E-state index contributed by atoms with van der Waals surface area (Å²) in [6.45, 7) is 0.937. The van der Waals surface area contributed by atoms with Gasteiger partial charge in [0.1, 0.15) is 23.6 Å². The van der Waals surface area contributed by atoms with Crippen LogP contribution in [0.25, 0.3) is 10.2 Å². The number of rotatable bonds is 6. The maximum Gasteiger partial charge on any atom is 0.411 e. The average molecular weight is 366 g/mol. The molecule has 0 bridgehead atoms. The van der Waals surface area contributed by atoms with E-state index in [2.05, 4.69) is 15.3 Å². The van der Waals surface area contributed by atoms with Gasteiger partial charge in [0.05, 0.1) is 17.0 Å². The fourth-order valence-electron chi connectivity index (χ4n) is 2.67. The van der Waals surface area contributed by atoms with Crippen molar-refractivity contribution in [1.82, 2.24) is 9.97 Å². The Kier molecular flexibility index (Phi) is 4.66. The van der Waals surface area contributed by atoms with Crippen molar-refractivity contribution in [3.8, 4) is 0 Å². The Balaban J connectivity index is 1.56. The molecule has 0 amide bonds. The van der Waals surface area contributed by atoms with Crippen LogP contribution in [0.2, 0.25) is 5.02 Å². The molecule has 1 aliphatic carbocycles. The molecule has 3 unspecified atom stereocenters. The van der Waals surface area contributed by atoms with E-state index in [0.717, 1.165) is 16.6 Å². The Bertz CT molecular complexity index is 693. The summed E-state index contributed by atoms with van der Waals surface area (Å²) in [5.74, 6) is 1.08. The highest BCUT2D eigenvalue weighted by molar-refractivity contribution is 7.17. The van der Waals surface area contributed by atoms with Gasteiger partial charge in [0.15, 0.2) is 0 Å². The van der Waals surface area contributed by atoms with Crippen LogP contribution >= 0.6 is 22.9 Å². The fraction of sp³-hybridized carbons (Fsp3) is 0.571. The Morgan fingerprint density at radius 2 is 2.26 bits per heavy atom. The molecule has 0 aromatic carbocycles. The number of halogens is 4. The summed E-state index contributed by atoms with van der Waals surface area (Å²) in [7, 11) is 0. The van der Waals surface area contributed by atoms with Crippen LogP contribution in [0.4, 0.5) is 19.0 Å². The third kappa shape index (κ3) is 4.05. The first-order valence-corrected chi connectivity index (χ1v) is 8.39. The molecule has 2 heterocycles. The second kappa shape index (κ2) is 6.41. The number of nitrogens with one attached hydrogen (secondary N) is 1. The summed E-state index contributed by atoms with van der Waals surface area (Å²) < 4.78 is 40.9. The molecule has 2 aromatic rings. The first-order chi connectivity index (χ1) is 10.8. The lowest BCUT2D eigenvalue weighted by Crippen LogP contribution is -2.22. The quantitative estimate of drug-likeness (QED) is 0.826. The zero-order valence-corrected chi connectivity index (χ0v) is 13.8. The Labute approximate surface area is 140 Å². The van der Waals surface area contributed by atoms with Gasteiger partial charge in [0.2, 0.25) is 0 Å². The molecule has 0 radical (unpaired) electrons. The van der Waals surface area contributed by atoms with Crippen molar-refractivity contribution in [3.05, 3.63) is 16.7 Å². The maximum absolute atomic E-state index is 12.1. The molecule has 3 atom stereocenters. The summed E-state index contributed by atoms with van der Waals surface area (Å²) in [6, 6.07) is 0.0727. The van der Waals surface area contributed by atoms with Crippen LogP contribution in [0.15, 0.2) is 11.7 Å². The minimum absolute atomic E-state index is 0.0727. The number of anilines is 1. The lowest BCUT2D eigenvalue weighted by atomic mass is 10.2. The van der Waals surface area contributed by atoms with E-state index in [4.69, 9.17) is 16.3 Å². The number of nitrogens with zero attached hydrogens (tertiary/aromatic N) is 2. The highest BCUT2D eigenvalue weighted by Crippen LogP contribution is 2.43. The van der Waals surface area contributed by atoms with Crippen LogP contribution in [-0.4, -0.2) is 35.4 Å². The van der Waals surface area contributed by atoms with Crippen LogP contribution in [0.5, 0.6) is 0 Å². The predicted octanol–water partition coefficient (Wildman–Crippen LogP) is 4.36. The van der Waals surface area contributed by atoms with E-state index in [1.165, 1.54) is 17.7 Å². The zero-order valence-electron chi connectivity index (χ0n) is 12.2. The number of hydrogen-bond donors (Lipinski definition) is 1. The summed E-state index contributed by atoms with van der Waals surface area (Å²) in [4.78, 5) is 9.20. The summed E-state index contributed by atoms with van der Waals surface area (Å²) in [6.07, 6.45) is -1.95. The SMILES string of the molecule is CC(Nc1ncnc2scc(Cl)c12)C1CC1COCC(F)(F)F. The van der Waals surface area contributed by atoms with Gasteiger partial charge in [-0.05, 0) is 25.2 Å². The third-order valence-electron chi connectivity index (χ3n) is 3.91. The van der Waals surface area contributed by atoms with Gasteiger partial charge >= 0.3 is 6.18 Å². The van der Waals surface area contributed by atoms with Gasteiger partial charge in [-0.25, -0.2) is 9.97 Å². The molecule has 2 aromatic heterocycles. The summed E-state index contributed by atoms with van der Waals surface area (Å²) >= 11 is 7.60. The second-order valence-electron chi connectivity index (χ2n) is 5.71. The Morgan fingerprint density at radius 1 is 1.48 bits per heavy atom. The number of alkyl halides is 3. The van der Waals surface area contributed by atoms with Crippen LogP contribution < -0.4 is 5.32 Å². The van der Waals surface area contributed by atoms with Gasteiger partial charge in [-0.3, -0.25) is 0 Å². The average Bonchev–Trinajstić information content (AvgIpc) is 3.13. The van der Waals surface area contributed by atoms with Crippen molar-refractivity contribution in [2.45, 2.75) is 25.6 Å². The lowest BCUT2D eigenvalue weighted by Gasteiger charge is -2.15. The molecule has 0 saturated heterocycles. The topological polar surface area (TPSA) is 47.0 Å². The van der Waals surface area contributed by atoms with Gasteiger partial charge in [-0.1, -0.05) is 11.6 Å². The van der Waals surface area contributed by atoms with E-state index in [0.29, 0.717) is 10.8 Å². The minimum atomic E-state index is -4.27. The van der Waals surface area contributed by atoms with Gasteiger partial charge in [-0.15, -0.1) is 11.3 Å². The molecule has 3 rings (SSSR count). The van der Waals surface area contributed by atoms with E-state index in [9.17, 15) is 13.2 Å². The van der Waals surface area contributed by atoms with Crippen molar-refractivity contribution in [3.63, 3.8) is 0 Å². The summed E-state index contributed by atoms with van der Waals surface area (Å²) in [5, 5.41) is 6.50. The third-order valence-corrected chi connectivity index (χ3v) is 5.22. The van der Waals surface area contributed by atoms with Crippen molar-refractivity contribution in [2.24, 2.45) is 11.8 Å². The van der Waals surface area contributed by atoms with Gasteiger partial charge in [0.25, 0.3) is 0 Å². The zero-order chi connectivity index (χ0) is 16.6. The molecule has 1 aliphatic rings.